The van der Waals surface area contributed by atoms with Crippen molar-refractivity contribution >= 4 is 5.91 Å². The Labute approximate surface area is 80.1 Å². The van der Waals surface area contributed by atoms with Crippen molar-refractivity contribution in [3.63, 3.8) is 0 Å². The van der Waals surface area contributed by atoms with Crippen molar-refractivity contribution in [3.8, 4) is 0 Å². The molecule has 0 saturated heterocycles. The minimum absolute atomic E-state index is 0.0150. The summed E-state index contributed by atoms with van der Waals surface area (Å²) in [6.45, 7) is 4.10. The van der Waals surface area contributed by atoms with Crippen molar-refractivity contribution in [2.75, 3.05) is 0 Å². The van der Waals surface area contributed by atoms with Crippen LogP contribution >= 0.6 is 0 Å². The van der Waals surface area contributed by atoms with Crippen molar-refractivity contribution in [1.29, 1.82) is 0 Å². The van der Waals surface area contributed by atoms with Gasteiger partial charge in [-0.05, 0) is 32.1 Å². The van der Waals surface area contributed by atoms with E-state index in [0.717, 1.165) is 12.8 Å². The molecule has 13 heavy (non-hydrogen) atoms. The Morgan fingerprint density at radius 1 is 1.62 bits per heavy atom. The highest BCUT2D eigenvalue weighted by Gasteiger charge is 2.29. The molecule has 1 amide bonds. The molecule has 0 aromatic heterocycles. The van der Waals surface area contributed by atoms with Gasteiger partial charge in [-0.1, -0.05) is 13.3 Å². The second kappa shape index (κ2) is 4.61. The highest BCUT2D eigenvalue weighted by atomic mass is 16.2. The average molecular weight is 184 g/mol. The van der Waals surface area contributed by atoms with Crippen LogP contribution in [0.15, 0.2) is 0 Å². The van der Waals surface area contributed by atoms with Gasteiger partial charge in [-0.3, -0.25) is 4.79 Å². The molecule has 3 nitrogen and oxygen atoms in total. The lowest BCUT2D eigenvalue weighted by atomic mass is 10.1. The van der Waals surface area contributed by atoms with Crippen LogP contribution in [0, 0.1) is 5.92 Å². The summed E-state index contributed by atoms with van der Waals surface area (Å²) in [6, 6.07) is 0.00149. The molecule has 0 heterocycles. The summed E-state index contributed by atoms with van der Waals surface area (Å²) in [6.07, 6.45) is 4.25. The largest absolute Gasteiger partial charge is 0.352 e. The highest BCUT2D eigenvalue weighted by molar-refractivity contribution is 5.81. The van der Waals surface area contributed by atoms with Gasteiger partial charge in [0.05, 0.1) is 6.04 Å². The maximum absolute atomic E-state index is 11.4. The molecule has 0 radical (unpaired) electrons. The van der Waals surface area contributed by atoms with Gasteiger partial charge < -0.3 is 11.1 Å². The standard InChI is InChI=1S/C10H20N2O/c1-3-4-9(11)10(13)12-7(2)8-5-6-8/h7-9H,3-6,11H2,1-2H3,(H,12,13). The molecule has 76 valence electrons. The zero-order valence-corrected chi connectivity index (χ0v) is 8.55. The van der Waals surface area contributed by atoms with E-state index >= 15 is 0 Å². The fraction of sp³-hybridized carbons (Fsp3) is 0.900. The number of nitrogens with one attached hydrogen (secondary N) is 1. The van der Waals surface area contributed by atoms with Crippen molar-refractivity contribution in [2.45, 2.75) is 51.6 Å². The van der Waals surface area contributed by atoms with E-state index in [-0.39, 0.29) is 11.9 Å². The Balaban J connectivity index is 2.22. The topological polar surface area (TPSA) is 55.1 Å². The summed E-state index contributed by atoms with van der Waals surface area (Å²) >= 11 is 0. The Kier molecular flexibility index (Phi) is 3.72. The van der Waals surface area contributed by atoms with Gasteiger partial charge in [-0.2, -0.15) is 0 Å². The van der Waals surface area contributed by atoms with Crippen LogP contribution in [0.2, 0.25) is 0 Å². The fourth-order valence-electron chi connectivity index (χ4n) is 1.49. The van der Waals surface area contributed by atoms with Gasteiger partial charge in [0.2, 0.25) is 5.91 Å². The molecule has 1 aliphatic rings. The monoisotopic (exact) mass is 184 g/mol. The minimum Gasteiger partial charge on any atom is -0.352 e. The van der Waals surface area contributed by atoms with Crippen LogP contribution in [-0.4, -0.2) is 18.0 Å². The van der Waals surface area contributed by atoms with E-state index in [1.807, 2.05) is 6.92 Å². The van der Waals surface area contributed by atoms with Crippen LogP contribution < -0.4 is 11.1 Å². The summed E-state index contributed by atoms with van der Waals surface area (Å²) in [4.78, 5) is 11.4. The van der Waals surface area contributed by atoms with Gasteiger partial charge in [-0.25, -0.2) is 0 Å². The van der Waals surface area contributed by atoms with Crippen LogP contribution in [0.1, 0.15) is 39.5 Å². The lowest BCUT2D eigenvalue weighted by molar-refractivity contribution is -0.123. The van der Waals surface area contributed by atoms with E-state index in [1.165, 1.54) is 12.8 Å². The molecule has 1 rings (SSSR count). The van der Waals surface area contributed by atoms with E-state index in [1.54, 1.807) is 0 Å². The van der Waals surface area contributed by atoms with Gasteiger partial charge in [0, 0.05) is 6.04 Å². The van der Waals surface area contributed by atoms with E-state index in [0.29, 0.717) is 12.0 Å². The smallest absolute Gasteiger partial charge is 0.237 e. The Hall–Kier alpha value is -0.570. The van der Waals surface area contributed by atoms with Gasteiger partial charge >= 0.3 is 0 Å². The Bertz CT molecular complexity index is 178. The Morgan fingerprint density at radius 2 is 2.23 bits per heavy atom. The second-order valence-corrected chi connectivity index (χ2v) is 4.03. The van der Waals surface area contributed by atoms with E-state index < -0.39 is 0 Å². The molecule has 0 aromatic rings. The number of carbonyl (C=O) groups is 1. The number of hydrogen-bond acceptors (Lipinski definition) is 2. The average Bonchev–Trinajstić information content (AvgIpc) is 2.86. The predicted molar refractivity (Wildman–Crippen MR) is 53.2 cm³/mol. The zero-order chi connectivity index (χ0) is 9.84. The number of nitrogens with two attached hydrogens (primary N) is 1. The first kappa shape index (κ1) is 10.5. The van der Waals surface area contributed by atoms with E-state index in [2.05, 4.69) is 12.2 Å². The lowest BCUT2D eigenvalue weighted by Crippen LogP contribution is -2.45. The molecule has 2 unspecified atom stereocenters. The summed E-state index contributed by atoms with van der Waals surface area (Å²) in [5, 5.41) is 2.96. The van der Waals surface area contributed by atoms with Gasteiger partial charge in [0.1, 0.15) is 0 Å². The van der Waals surface area contributed by atoms with Crippen LogP contribution in [0.3, 0.4) is 0 Å². The molecule has 0 aliphatic heterocycles. The molecule has 1 fully saturated rings. The van der Waals surface area contributed by atoms with E-state index in [4.69, 9.17) is 5.73 Å². The fourth-order valence-corrected chi connectivity index (χ4v) is 1.49. The van der Waals surface area contributed by atoms with Gasteiger partial charge in [0.15, 0.2) is 0 Å². The maximum Gasteiger partial charge on any atom is 0.237 e. The third-order valence-electron chi connectivity index (χ3n) is 2.64. The SMILES string of the molecule is CCCC(N)C(=O)NC(C)C1CC1. The molecule has 3 N–H and O–H groups in total. The van der Waals surface area contributed by atoms with Crippen LogP contribution in [-0.2, 0) is 4.79 Å². The lowest BCUT2D eigenvalue weighted by Gasteiger charge is -2.16. The Morgan fingerprint density at radius 3 is 2.69 bits per heavy atom. The molecule has 0 bridgehead atoms. The molecule has 1 saturated carbocycles. The van der Waals surface area contributed by atoms with Crippen molar-refractivity contribution in [3.05, 3.63) is 0 Å². The van der Waals surface area contributed by atoms with Crippen LogP contribution in [0.5, 0.6) is 0 Å². The van der Waals surface area contributed by atoms with Crippen LogP contribution in [0.4, 0.5) is 0 Å². The third-order valence-corrected chi connectivity index (χ3v) is 2.64. The predicted octanol–water partition coefficient (Wildman–Crippen LogP) is 1.03. The zero-order valence-electron chi connectivity index (χ0n) is 8.55. The number of carbonyl (C=O) groups excluding carboxylic acids is 1. The molecule has 2 atom stereocenters. The van der Waals surface area contributed by atoms with Crippen molar-refractivity contribution in [2.24, 2.45) is 11.7 Å². The van der Waals surface area contributed by atoms with E-state index in [9.17, 15) is 4.79 Å². The first-order chi connectivity index (χ1) is 6.15. The summed E-state index contributed by atoms with van der Waals surface area (Å²) in [5.74, 6) is 0.721. The molecular formula is C10H20N2O. The maximum atomic E-state index is 11.4. The summed E-state index contributed by atoms with van der Waals surface area (Å²) in [5.41, 5.74) is 5.68. The second-order valence-electron chi connectivity index (χ2n) is 4.03. The molecule has 1 aliphatic carbocycles. The minimum atomic E-state index is -0.314. The molecule has 0 aromatic carbocycles. The number of rotatable bonds is 5. The van der Waals surface area contributed by atoms with Crippen LogP contribution in [0.25, 0.3) is 0 Å². The summed E-state index contributed by atoms with van der Waals surface area (Å²) in [7, 11) is 0. The molecule has 0 spiro atoms. The number of hydrogen-bond donors (Lipinski definition) is 2. The normalized spacial score (nSPS) is 20.8. The first-order valence-electron chi connectivity index (χ1n) is 5.21. The van der Waals surface area contributed by atoms with Gasteiger partial charge in [-0.15, -0.1) is 0 Å². The van der Waals surface area contributed by atoms with Gasteiger partial charge in [0.25, 0.3) is 0 Å². The van der Waals surface area contributed by atoms with Crippen molar-refractivity contribution < 1.29 is 4.79 Å². The first-order valence-corrected chi connectivity index (χ1v) is 5.21. The third kappa shape index (κ3) is 3.35. The quantitative estimate of drug-likeness (QED) is 0.670. The molecule has 3 heteroatoms. The highest BCUT2D eigenvalue weighted by Crippen LogP contribution is 2.32. The van der Waals surface area contributed by atoms with Crippen molar-refractivity contribution in [1.82, 2.24) is 5.32 Å². The number of amides is 1. The summed E-state index contributed by atoms with van der Waals surface area (Å²) < 4.78 is 0. The molecular weight excluding hydrogens is 164 g/mol.